The summed E-state index contributed by atoms with van der Waals surface area (Å²) < 4.78 is 9.44. The predicted molar refractivity (Wildman–Crippen MR) is 25.9 cm³/mol. The third kappa shape index (κ3) is 3.85. The van der Waals surface area contributed by atoms with E-state index in [0.29, 0.717) is 0 Å². The van der Waals surface area contributed by atoms with Gasteiger partial charge in [-0.15, -0.1) is 0 Å². The molecule has 0 saturated carbocycles. The van der Waals surface area contributed by atoms with Gasteiger partial charge in [0, 0.05) is 5.37 Å². The Labute approximate surface area is 39.9 Å². The molecule has 0 aromatic rings. The second-order valence-electron chi connectivity index (χ2n) is 0.973. The van der Waals surface area contributed by atoms with Gasteiger partial charge in [-0.1, -0.05) is 0 Å². The van der Waals surface area contributed by atoms with Crippen molar-refractivity contribution in [2.45, 2.75) is 13.0 Å². The molecule has 3 heteroatoms. The van der Waals surface area contributed by atoms with Crippen LogP contribution in [-0.2, 0) is 11.3 Å². The molecule has 36 valence electrons. The molecule has 0 aliphatic heterocycles. The molecule has 1 atom stereocenters. The van der Waals surface area contributed by atoms with Crippen molar-refractivity contribution in [3.8, 4) is 0 Å². The highest BCUT2D eigenvalue weighted by Crippen LogP contribution is 1.63. The van der Waals surface area contributed by atoms with Crippen molar-refractivity contribution in [1.29, 1.82) is 0 Å². The van der Waals surface area contributed by atoms with Gasteiger partial charge in [-0.3, -0.25) is 0 Å². The number of hydrogen-bond acceptors (Lipinski definition) is 2. The lowest BCUT2D eigenvalue weighted by atomic mass is 10.5. The highest BCUT2D eigenvalue weighted by atomic mass is 32.1. The summed E-state index contributed by atoms with van der Waals surface area (Å²) in [6.07, 6.45) is -0.576. The van der Waals surface area contributed by atoms with Crippen LogP contribution >= 0.6 is 0 Å². The minimum absolute atomic E-state index is 0.285. The van der Waals surface area contributed by atoms with Crippen LogP contribution in [0.25, 0.3) is 0 Å². The van der Waals surface area contributed by atoms with Gasteiger partial charge in [0.25, 0.3) is 0 Å². The second-order valence-corrected chi connectivity index (χ2v) is 1.44. The normalized spacial score (nSPS) is 13.0. The first-order chi connectivity index (χ1) is 2.77. The zero-order valence-corrected chi connectivity index (χ0v) is 4.23. The van der Waals surface area contributed by atoms with Gasteiger partial charge in [-0.25, -0.2) is 4.21 Å². The number of aliphatic hydroxyl groups is 1. The van der Waals surface area contributed by atoms with Gasteiger partial charge in [0.2, 0.25) is 0 Å². The average molecular weight is 106 g/mol. The summed E-state index contributed by atoms with van der Waals surface area (Å²) in [5.41, 5.74) is 0. The zero-order valence-electron chi connectivity index (χ0n) is 3.42. The maximum atomic E-state index is 9.44. The minimum atomic E-state index is -0.576. The molecular weight excluding hydrogens is 100 g/mol. The average Bonchev–Trinajstić information content (AvgIpc) is 1.35. The van der Waals surface area contributed by atoms with Crippen LogP contribution in [0.2, 0.25) is 0 Å². The van der Waals surface area contributed by atoms with Crippen molar-refractivity contribution in [3.63, 3.8) is 0 Å². The summed E-state index contributed by atoms with van der Waals surface area (Å²) in [5, 5.41) is 9.48. The van der Waals surface area contributed by atoms with Crippen LogP contribution < -0.4 is 0 Å². The van der Waals surface area contributed by atoms with Gasteiger partial charge in [0.15, 0.2) is 0 Å². The Morgan fingerprint density at radius 3 is 2.50 bits per heavy atom. The molecule has 0 fully saturated rings. The Kier molecular flexibility index (Phi) is 2.98. The quantitative estimate of drug-likeness (QED) is 0.452. The van der Waals surface area contributed by atoms with E-state index in [2.05, 4.69) is 0 Å². The standard InChI is InChI=1S/C3H6O2S/c1-3(4)2-6-5/h2-4H,1H3. The molecule has 2 nitrogen and oxygen atoms in total. The van der Waals surface area contributed by atoms with E-state index in [1.165, 1.54) is 12.3 Å². The fraction of sp³-hybridized carbons (Fsp3) is 0.667. The molecule has 1 unspecified atom stereocenters. The van der Waals surface area contributed by atoms with E-state index in [-0.39, 0.29) is 11.3 Å². The lowest BCUT2D eigenvalue weighted by Crippen LogP contribution is -1.98. The fourth-order valence-corrected chi connectivity index (χ4v) is 0.241. The molecule has 0 spiro atoms. The Morgan fingerprint density at radius 2 is 2.50 bits per heavy atom. The lowest BCUT2D eigenvalue weighted by Gasteiger charge is -1.82. The molecule has 0 aromatic heterocycles. The van der Waals surface area contributed by atoms with Crippen LogP contribution in [0.4, 0.5) is 0 Å². The smallest absolute Gasteiger partial charge is 0.0868 e. The molecule has 0 heterocycles. The summed E-state index contributed by atoms with van der Waals surface area (Å²) in [7, 11) is 0. The van der Waals surface area contributed by atoms with Crippen molar-refractivity contribution in [2.75, 3.05) is 0 Å². The fourth-order valence-electron chi connectivity index (χ4n) is 0.0804. The monoisotopic (exact) mass is 106 g/mol. The highest BCUT2D eigenvalue weighted by Gasteiger charge is 1.80. The van der Waals surface area contributed by atoms with Crippen molar-refractivity contribution < 1.29 is 9.32 Å². The molecule has 0 rings (SSSR count). The van der Waals surface area contributed by atoms with Crippen molar-refractivity contribution in [1.82, 2.24) is 0 Å². The van der Waals surface area contributed by atoms with Crippen LogP contribution in [-0.4, -0.2) is 20.8 Å². The summed E-state index contributed by atoms with van der Waals surface area (Å²) >= 11 is 0.285. The predicted octanol–water partition coefficient (Wildman–Crippen LogP) is -0.618. The van der Waals surface area contributed by atoms with Gasteiger partial charge < -0.3 is 5.11 Å². The van der Waals surface area contributed by atoms with Crippen LogP contribution in [0.5, 0.6) is 0 Å². The molecular formula is C3H6O2S. The molecule has 0 radical (unpaired) electrons. The van der Waals surface area contributed by atoms with E-state index >= 15 is 0 Å². The summed E-state index contributed by atoms with van der Waals surface area (Å²) in [6.45, 7) is 1.53. The largest absolute Gasteiger partial charge is 0.388 e. The minimum Gasteiger partial charge on any atom is -0.388 e. The molecule has 0 amide bonds. The second kappa shape index (κ2) is 3.06. The van der Waals surface area contributed by atoms with Gasteiger partial charge in [-0.05, 0) is 6.92 Å². The topological polar surface area (TPSA) is 37.3 Å². The van der Waals surface area contributed by atoms with Crippen LogP contribution in [0.1, 0.15) is 6.92 Å². The van der Waals surface area contributed by atoms with E-state index in [0.717, 1.165) is 0 Å². The first kappa shape index (κ1) is 5.85. The Hall–Kier alpha value is -0.150. The summed E-state index contributed by atoms with van der Waals surface area (Å²) in [6, 6.07) is 0. The van der Waals surface area contributed by atoms with Crippen LogP contribution in [0.3, 0.4) is 0 Å². The van der Waals surface area contributed by atoms with Gasteiger partial charge in [-0.2, -0.15) is 0 Å². The zero-order chi connectivity index (χ0) is 4.99. The van der Waals surface area contributed by atoms with E-state index < -0.39 is 6.10 Å². The Balaban J connectivity index is 3.29. The van der Waals surface area contributed by atoms with Gasteiger partial charge in [0.1, 0.15) is 0 Å². The SMILES string of the molecule is CC(O)C=S=O. The van der Waals surface area contributed by atoms with Crippen LogP contribution in [0, 0.1) is 0 Å². The van der Waals surface area contributed by atoms with E-state index in [9.17, 15) is 4.21 Å². The van der Waals surface area contributed by atoms with Crippen molar-refractivity contribution >= 4 is 16.6 Å². The summed E-state index contributed by atoms with van der Waals surface area (Å²) in [5.74, 6) is 0. The lowest BCUT2D eigenvalue weighted by molar-refractivity contribution is 0.269. The Morgan fingerprint density at radius 1 is 2.00 bits per heavy atom. The van der Waals surface area contributed by atoms with Crippen LogP contribution in [0.15, 0.2) is 0 Å². The molecule has 0 saturated heterocycles. The molecule has 0 aliphatic carbocycles. The molecule has 1 N–H and O–H groups in total. The Bertz CT molecular complexity index is 72.9. The first-order valence-electron chi connectivity index (χ1n) is 1.57. The van der Waals surface area contributed by atoms with E-state index in [4.69, 9.17) is 5.11 Å². The third-order valence-corrected chi connectivity index (χ3v) is 0.757. The number of hydrogen-bond donors (Lipinski definition) is 1. The van der Waals surface area contributed by atoms with Crippen molar-refractivity contribution in [3.05, 3.63) is 0 Å². The van der Waals surface area contributed by atoms with Gasteiger partial charge in [0.05, 0.1) is 17.4 Å². The van der Waals surface area contributed by atoms with E-state index in [1.807, 2.05) is 0 Å². The maximum Gasteiger partial charge on any atom is 0.0868 e. The molecule has 6 heavy (non-hydrogen) atoms. The molecule has 0 bridgehead atoms. The molecule has 0 aliphatic rings. The number of aliphatic hydroxyl groups excluding tert-OH is 1. The van der Waals surface area contributed by atoms with Crippen molar-refractivity contribution in [2.24, 2.45) is 0 Å². The van der Waals surface area contributed by atoms with E-state index in [1.54, 1.807) is 0 Å². The van der Waals surface area contributed by atoms with Gasteiger partial charge >= 0.3 is 0 Å². The third-order valence-electron chi connectivity index (χ3n) is 0.252. The highest BCUT2D eigenvalue weighted by molar-refractivity contribution is 7.64. The first-order valence-corrected chi connectivity index (χ1v) is 2.38. The number of rotatable bonds is 1. The maximum absolute atomic E-state index is 9.44. The summed E-state index contributed by atoms with van der Waals surface area (Å²) in [4.78, 5) is 0. The molecule has 0 aromatic carbocycles.